The SMILES string of the molecule is CCC(C)C(O)CNC(C)c1cc(OC)c(OC)cc1C. The number of hydrogen-bond acceptors (Lipinski definition) is 4. The number of methoxy groups -OCH3 is 2. The molecule has 1 rings (SSSR count). The van der Waals surface area contributed by atoms with Gasteiger partial charge in [0.15, 0.2) is 11.5 Å². The Morgan fingerprint density at radius 2 is 1.71 bits per heavy atom. The molecule has 0 aromatic heterocycles. The Kier molecular flexibility index (Phi) is 6.99. The Morgan fingerprint density at radius 3 is 2.24 bits per heavy atom. The average Bonchev–Trinajstić information content (AvgIpc) is 2.50. The van der Waals surface area contributed by atoms with Gasteiger partial charge in [0.1, 0.15) is 0 Å². The molecule has 4 heteroatoms. The third-order valence-corrected chi connectivity index (χ3v) is 4.17. The summed E-state index contributed by atoms with van der Waals surface area (Å²) in [7, 11) is 3.28. The maximum Gasteiger partial charge on any atom is 0.161 e. The summed E-state index contributed by atoms with van der Waals surface area (Å²) >= 11 is 0. The molecule has 21 heavy (non-hydrogen) atoms. The van der Waals surface area contributed by atoms with E-state index >= 15 is 0 Å². The largest absolute Gasteiger partial charge is 0.493 e. The molecule has 0 aliphatic heterocycles. The second-order valence-electron chi connectivity index (χ2n) is 5.65. The van der Waals surface area contributed by atoms with E-state index < -0.39 is 0 Å². The molecule has 0 bridgehead atoms. The fraction of sp³-hybridized carbons (Fsp3) is 0.647. The Morgan fingerprint density at radius 1 is 1.14 bits per heavy atom. The molecule has 4 nitrogen and oxygen atoms in total. The van der Waals surface area contributed by atoms with Crippen LogP contribution in [0.1, 0.15) is 44.4 Å². The van der Waals surface area contributed by atoms with Gasteiger partial charge < -0.3 is 19.9 Å². The minimum Gasteiger partial charge on any atom is -0.493 e. The van der Waals surface area contributed by atoms with E-state index in [0.717, 1.165) is 29.0 Å². The van der Waals surface area contributed by atoms with Crippen molar-refractivity contribution in [3.8, 4) is 11.5 Å². The molecule has 0 radical (unpaired) electrons. The van der Waals surface area contributed by atoms with Crippen molar-refractivity contribution in [3.63, 3.8) is 0 Å². The minimum atomic E-state index is -0.321. The minimum absolute atomic E-state index is 0.142. The number of aliphatic hydroxyl groups is 1. The quantitative estimate of drug-likeness (QED) is 0.774. The van der Waals surface area contributed by atoms with Crippen LogP contribution in [-0.2, 0) is 0 Å². The topological polar surface area (TPSA) is 50.7 Å². The van der Waals surface area contributed by atoms with Crippen molar-refractivity contribution in [1.29, 1.82) is 0 Å². The molecule has 3 unspecified atom stereocenters. The number of aryl methyl sites for hydroxylation is 1. The first-order valence-electron chi connectivity index (χ1n) is 7.58. The molecule has 0 aliphatic carbocycles. The zero-order valence-corrected chi connectivity index (χ0v) is 14.1. The van der Waals surface area contributed by atoms with Crippen LogP contribution in [0.15, 0.2) is 12.1 Å². The molecule has 0 aliphatic rings. The van der Waals surface area contributed by atoms with Crippen molar-refractivity contribution < 1.29 is 14.6 Å². The van der Waals surface area contributed by atoms with Gasteiger partial charge in [-0.1, -0.05) is 20.3 Å². The summed E-state index contributed by atoms with van der Waals surface area (Å²) in [6.07, 6.45) is 0.657. The summed E-state index contributed by atoms with van der Waals surface area (Å²) in [5.41, 5.74) is 2.30. The molecular weight excluding hydrogens is 266 g/mol. The van der Waals surface area contributed by atoms with E-state index in [2.05, 4.69) is 33.0 Å². The van der Waals surface area contributed by atoms with E-state index in [-0.39, 0.29) is 12.1 Å². The standard InChI is InChI=1S/C17H29NO3/c1-7-11(2)15(19)10-18-13(4)14-9-17(21-6)16(20-5)8-12(14)3/h8-9,11,13,15,18-19H,7,10H2,1-6H3. The third-order valence-electron chi connectivity index (χ3n) is 4.17. The fourth-order valence-corrected chi connectivity index (χ4v) is 2.34. The third kappa shape index (κ3) is 4.61. The van der Waals surface area contributed by atoms with Crippen molar-refractivity contribution in [2.45, 2.75) is 46.3 Å². The van der Waals surface area contributed by atoms with Gasteiger partial charge in [0, 0.05) is 12.6 Å². The average molecular weight is 295 g/mol. The predicted octanol–water partition coefficient (Wildman–Crippen LogP) is 3.07. The number of aliphatic hydroxyl groups excluding tert-OH is 1. The number of rotatable bonds is 8. The van der Waals surface area contributed by atoms with Crippen LogP contribution >= 0.6 is 0 Å². The van der Waals surface area contributed by atoms with Gasteiger partial charge in [-0.3, -0.25) is 0 Å². The maximum absolute atomic E-state index is 10.1. The Labute approximate surface area is 128 Å². The lowest BCUT2D eigenvalue weighted by Gasteiger charge is -2.23. The molecule has 3 atom stereocenters. The molecule has 1 aromatic rings. The highest BCUT2D eigenvalue weighted by Gasteiger charge is 2.16. The Bertz CT molecular complexity index is 448. The van der Waals surface area contributed by atoms with E-state index in [9.17, 15) is 5.11 Å². The van der Waals surface area contributed by atoms with E-state index in [1.54, 1.807) is 14.2 Å². The fourth-order valence-electron chi connectivity index (χ4n) is 2.34. The van der Waals surface area contributed by atoms with Crippen LogP contribution in [0.2, 0.25) is 0 Å². The van der Waals surface area contributed by atoms with Gasteiger partial charge in [-0.2, -0.15) is 0 Å². The molecule has 0 heterocycles. The van der Waals surface area contributed by atoms with Crippen molar-refractivity contribution >= 4 is 0 Å². The first-order chi connectivity index (χ1) is 9.94. The van der Waals surface area contributed by atoms with Gasteiger partial charge in [-0.25, -0.2) is 0 Å². The zero-order chi connectivity index (χ0) is 16.0. The van der Waals surface area contributed by atoms with Gasteiger partial charge in [-0.05, 0) is 43.0 Å². The Balaban J connectivity index is 2.80. The number of benzene rings is 1. The molecule has 120 valence electrons. The summed E-state index contributed by atoms with van der Waals surface area (Å²) in [6, 6.07) is 4.13. The van der Waals surface area contributed by atoms with Gasteiger partial charge >= 0.3 is 0 Å². The smallest absolute Gasteiger partial charge is 0.161 e. The van der Waals surface area contributed by atoms with Crippen LogP contribution < -0.4 is 14.8 Å². The number of hydrogen-bond donors (Lipinski definition) is 2. The molecule has 0 amide bonds. The van der Waals surface area contributed by atoms with Crippen molar-refractivity contribution in [2.75, 3.05) is 20.8 Å². The van der Waals surface area contributed by atoms with Gasteiger partial charge in [-0.15, -0.1) is 0 Å². The van der Waals surface area contributed by atoms with Crippen LogP contribution in [-0.4, -0.2) is 32.0 Å². The Hall–Kier alpha value is -1.26. The highest BCUT2D eigenvalue weighted by molar-refractivity contribution is 5.47. The molecule has 0 spiro atoms. The highest BCUT2D eigenvalue weighted by Crippen LogP contribution is 2.32. The summed E-state index contributed by atoms with van der Waals surface area (Å²) in [4.78, 5) is 0. The summed E-state index contributed by atoms with van der Waals surface area (Å²) < 4.78 is 10.7. The predicted molar refractivity (Wildman–Crippen MR) is 86.2 cm³/mol. The first-order valence-corrected chi connectivity index (χ1v) is 7.58. The summed E-state index contributed by atoms with van der Waals surface area (Å²) in [5, 5.41) is 13.5. The molecular formula is C17H29NO3. The maximum atomic E-state index is 10.1. The molecule has 0 fully saturated rings. The van der Waals surface area contributed by atoms with Crippen LogP contribution in [0, 0.1) is 12.8 Å². The number of ether oxygens (including phenoxy) is 2. The van der Waals surface area contributed by atoms with Crippen molar-refractivity contribution in [2.24, 2.45) is 5.92 Å². The molecule has 0 saturated carbocycles. The molecule has 2 N–H and O–H groups in total. The van der Waals surface area contributed by atoms with E-state index in [0.29, 0.717) is 12.5 Å². The van der Waals surface area contributed by atoms with Crippen LogP contribution in [0.25, 0.3) is 0 Å². The second-order valence-corrected chi connectivity index (χ2v) is 5.65. The molecule has 1 aromatic carbocycles. The van der Waals surface area contributed by atoms with E-state index in [1.807, 2.05) is 12.1 Å². The second kappa shape index (κ2) is 8.25. The summed E-state index contributed by atoms with van der Waals surface area (Å²) in [5.74, 6) is 1.77. The van der Waals surface area contributed by atoms with Gasteiger partial charge in [0.05, 0.1) is 20.3 Å². The van der Waals surface area contributed by atoms with E-state index in [4.69, 9.17) is 9.47 Å². The van der Waals surface area contributed by atoms with Gasteiger partial charge in [0.25, 0.3) is 0 Å². The first kappa shape index (κ1) is 17.8. The molecule has 0 saturated heterocycles. The van der Waals surface area contributed by atoms with Crippen molar-refractivity contribution in [1.82, 2.24) is 5.32 Å². The van der Waals surface area contributed by atoms with E-state index in [1.165, 1.54) is 0 Å². The highest BCUT2D eigenvalue weighted by atomic mass is 16.5. The lowest BCUT2D eigenvalue weighted by Crippen LogP contribution is -2.33. The normalized spacial score (nSPS) is 15.4. The van der Waals surface area contributed by atoms with Crippen LogP contribution in [0.3, 0.4) is 0 Å². The van der Waals surface area contributed by atoms with Crippen LogP contribution in [0.5, 0.6) is 11.5 Å². The summed E-state index contributed by atoms with van der Waals surface area (Å²) in [6.45, 7) is 8.90. The van der Waals surface area contributed by atoms with Crippen LogP contribution in [0.4, 0.5) is 0 Å². The zero-order valence-electron chi connectivity index (χ0n) is 14.1. The van der Waals surface area contributed by atoms with Gasteiger partial charge in [0.2, 0.25) is 0 Å². The lowest BCUT2D eigenvalue weighted by atomic mass is 9.99. The van der Waals surface area contributed by atoms with Crippen molar-refractivity contribution in [3.05, 3.63) is 23.3 Å². The monoisotopic (exact) mass is 295 g/mol. The lowest BCUT2D eigenvalue weighted by molar-refractivity contribution is 0.110. The number of nitrogens with one attached hydrogen (secondary N) is 1.